The van der Waals surface area contributed by atoms with Crippen molar-refractivity contribution in [2.75, 3.05) is 0 Å². The molecule has 18 heavy (non-hydrogen) atoms. The van der Waals surface area contributed by atoms with Gasteiger partial charge in [-0.05, 0) is 36.6 Å². The highest BCUT2D eigenvalue weighted by Gasteiger charge is 2.18. The second-order valence-corrected chi connectivity index (χ2v) is 4.52. The second-order valence-electron chi connectivity index (χ2n) is 4.52. The number of hydrogen-bond acceptors (Lipinski definition) is 2. The fourth-order valence-electron chi connectivity index (χ4n) is 2.20. The Morgan fingerprint density at radius 3 is 2.44 bits per heavy atom. The maximum Gasteiger partial charge on any atom is 0.129 e. The van der Waals surface area contributed by atoms with Gasteiger partial charge >= 0.3 is 0 Å². The molecule has 0 fully saturated rings. The maximum atomic E-state index is 13.6. The summed E-state index contributed by atoms with van der Waals surface area (Å²) in [5.74, 6) is 0.552. The molecule has 96 valence electrons. The van der Waals surface area contributed by atoms with Gasteiger partial charge in [0.05, 0.1) is 6.26 Å². The van der Waals surface area contributed by atoms with Crippen LogP contribution in [0, 0.1) is 19.7 Å². The SMILES string of the molecule is CCc1occc1C(O)c1cc(C)c(F)c(C)c1. The average molecular weight is 248 g/mol. The van der Waals surface area contributed by atoms with Crippen molar-refractivity contribution in [3.05, 3.63) is 58.3 Å². The van der Waals surface area contributed by atoms with Crippen molar-refractivity contribution in [3.63, 3.8) is 0 Å². The lowest BCUT2D eigenvalue weighted by molar-refractivity contribution is 0.217. The molecule has 0 aliphatic rings. The van der Waals surface area contributed by atoms with E-state index in [0.717, 1.165) is 17.7 Å². The van der Waals surface area contributed by atoms with Crippen LogP contribution in [-0.2, 0) is 6.42 Å². The normalized spacial score (nSPS) is 12.7. The maximum absolute atomic E-state index is 13.6. The molecule has 1 N–H and O–H groups in total. The molecule has 0 radical (unpaired) electrons. The van der Waals surface area contributed by atoms with Crippen LogP contribution in [0.15, 0.2) is 28.9 Å². The Labute approximate surface area is 106 Å². The van der Waals surface area contributed by atoms with Crippen LogP contribution in [0.25, 0.3) is 0 Å². The summed E-state index contributed by atoms with van der Waals surface area (Å²) in [5.41, 5.74) is 2.54. The van der Waals surface area contributed by atoms with Crippen LogP contribution >= 0.6 is 0 Å². The monoisotopic (exact) mass is 248 g/mol. The van der Waals surface area contributed by atoms with Gasteiger partial charge in [0, 0.05) is 12.0 Å². The fraction of sp³-hybridized carbons (Fsp3) is 0.333. The number of aliphatic hydroxyl groups excluding tert-OH is 1. The van der Waals surface area contributed by atoms with Gasteiger partial charge in [-0.1, -0.05) is 19.1 Å². The molecule has 1 heterocycles. The molecule has 1 atom stereocenters. The van der Waals surface area contributed by atoms with Crippen LogP contribution in [0.3, 0.4) is 0 Å². The van der Waals surface area contributed by atoms with Gasteiger partial charge in [-0.15, -0.1) is 0 Å². The summed E-state index contributed by atoms with van der Waals surface area (Å²) in [4.78, 5) is 0. The Balaban J connectivity index is 2.43. The molecule has 2 aromatic rings. The average Bonchev–Trinajstić information content (AvgIpc) is 2.82. The third-order valence-electron chi connectivity index (χ3n) is 3.17. The predicted molar refractivity (Wildman–Crippen MR) is 68.0 cm³/mol. The molecular weight excluding hydrogens is 231 g/mol. The predicted octanol–water partition coefficient (Wildman–Crippen LogP) is 3.68. The summed E-state index contributed by atoms with van der Waals surface area (Å²) in [5, 5.41) is 10.4. The lowest BCUT2D eigenvalue weighted by Gasteiger charge is -2.13. The van der Waals surface area contributed by atoms with E-state index in [2.05, 4.69) is 0 Å². The number of rotatable bonds is 3. The minimum Gasteiger partial charge on any atom is -0.469 e. The van der Waals surface area contributed by atoms with Crippen molar-refractivity contribution in [1.82, 2.24) is 0 Å². The first-order valence-corrected chi connectivity index (χ1v) is 6.05. The summed E-state index contributed by atoms with van der Waals surface area (Å²) < 4.78 is 18.9. The lowest BCUT2D eigenvalue weighted by Crippen LogP contribution is -2.03. The Morgan fingerprint density at radius 2 is 1.89 bits per heavy atom. The first kappa shape index (κ1) is 12.8. The van der Waals surface area contributed by atoms with Crippen molar-refractivity contribution in [3.8, 4) is 0 Å². The van der Waals surface area contributed by atoms with Crippen LogP contribution in [-0.4, -0.2) is 5.11 Å². The van der Waals surface area contributed by atoms with E-state index in [0.29, 0.717) is 16.7 Å². The van der Waals surface area contributed by atoms with Crippen molar-refractivity contribution in [1.29, 1.82) is 0 Å². The van der Waals surface area contributed by atoms with Gasteiger partial charge in [0.2, 0.25) is 0 Å². The zero-order chi connectivity index (χ0) is 13.3. The molecule has 0 amide bonds. The number of halogens is 1. The number of aliphatic hydroxyl groups is 1. The third kappa shape index (κ3) is 2.18. The lowest BCUT2D eigenvalue weighted by atomic mass is 9.97. The van der Waals surface area contributed by atoms with Gasteiger partial charge in [-0.3, -0.25) is 0 Å². The Bertz CT molecular complexity index is 534. The molecule has 0 bridgehead atoms. The van der Waals surface area contributed by atoms with Gasteiger partial charge in [-0.25, -0.2) is 4.39 Å². The second kappa shape index (κ2) is 4.94. The van der Waals surface area contributed by atoms with E-state index in [4.69, 9.17) is 4.42 Å². The first-order chi connectivity index (χ1) is 8.54. The fourth-order valence-corrected chi connectivity index (χ4v) is 2.20. The molecule has 3 heteroatoms. The van der Waals surface area contributed by atoms with Crippen molar-refractivity contribution < 1.29 is 13.9 Å². The molecule has 0 saturated carbocycles. The van der Waals surface area contributed by atoms with Crippen molar-refractivity contribution in [2.45, 2.75) is 33.3 Å². The van der Waals surface area contributed by atoms with Crippen LogP contribution in [0.1, 0.15) is 41.0 Å². The summed E-state index contributed by atoms with van der Waals surface area (Å²) in [6.45, 7) is 5.37. The molecule has 0 saturated heterocycles. The molecule has 2 rings (SSSR count). The molecule has 1 aromatic heterocycles. The molecule has 0 spiro atoms. The van der Waals surface area contributed by atoms with Crippen molar-refractivity contribution >= 4 is 0 Å². The van der Waals surface area contributed by atoms with Gasteiger partial charge in [0.15, 0.2) is 0 Å². The number of furan rings is 1. The van der Waals surface area contributed by atoms with Crippen LogP contribution in [0.2, 0.25) is 0 Å². The van der Waals surface area contributed by atoms with E-state index >= 15 is 0 Å². The summed E-state index contributed by atoms with van der Waals surface area (Å²) >= 11 is 0. The number of hydrogen-bond donors (Lipinski definition) is 1. The Hall–Kier alpha value is -1.61. The van der Waals surface area contributed by atoms with Gasteiger partial charge in [0.25, 0.3) is 0 Å². The summed E-state index contributed by atoms with van der Waals surface area (Å²) in [6, 6.07) is 5.12. The van der Waals surface area contributed by atoms with Crippen LogP contribution in [0.5, 0.6) is 0 Å². The topological polar surface area (TPSA) is 33.4 Å². The van der Waals surface area contributed by atoms with E-state index in [-0.39, 0.29) is 5.82 Å². The first-order valence-electron chi connectivity index (χ1n) is 6.05. The zero-order valence-electron chi connectivity index (χ0n) is 10.8. The highest BCUT2D eigenvalue weighted by Crippen LogP contribution is 2.28. The van der Waals surface area contributed by atoms with Crippen LogP contribution < -0.4 is 0 Å². The molecule has 1 aromatic carbocycles. The molecule has 0 aliphatic carbocycles. The standard InChI is InChI=1S/C15H17FO2/c1-4-13-12(5-6-18-13)15(17)11-7-9(2)14(16)10(3)8-11/h5-8,15,17H,4H2,1-3H3. The highest BCUT2D eigenvalue weighted by molar-refractivity contribution is 5.37. The van der Waals surface area contributed by atoms with Crippen LogP contribution in [0.4, 0.5) is 4.39 Å². The van der Waals surface area contributed by atoms with E-state index in [9.17, 15) is 9.50 Å². The zero-order valence-corrected chi connectivity index (χ0v) is 10.8. The van der Waals surface area contributed by atoms with E-state index < -0.39 is 6.10 Å². The quantitative estimate of drug-likeness (QED) is 0.898. The number of aryl methyl sites for hydroxylation is 3. The molecule has 0 aliphatic heterocycles. The Kier molecular flexibility index (Phi) is 3.53. The summed E-state index contributed by atoms with van der Waals surface area (Å²) in [6.07, 6.45) is 1.52. The molecule has 2 nitrogen and oxygen atoms in total. The molecular formula is C15H17FO2. The van der Waals surface area contributed by atoms with Gasteiger partial charge in [0.1, 0.15) is 17.7 Å². The van der Waals surface area contributed by atoms with E-state index in [1.165, 1.54) is 0 Å². The number of benzene rings is 1. The third-order valence-corrected chi connectivity index (χ3v) is 3.17. The largest absolute Gasteiger partial charge is 0.469 e. The minimum absolute atomic E-state index is 0.214. The van der Waals surface area contributed by atoms with E-state index in [1.54, 1.807) is 38.3 Å². The minimum atomic E-state index is -0.767. The van der Waals surface area contributed by atoms with Gasteiger partial charge in [-0.2, -0.15) is 0 Å². The van der Waals surface area contributed by atoms with Gasteiger partial charge < -0.3 is 9.52 Å². The molecule has 1 unspecified atom stereocenters. The highest BCUT2D eigenvalue weighted by atomic mass is 19.1. The Morgan fingerprint density at radius 1 is 1.28 bits per heavy atom. The van der Waals surface area contributed by atoms with Crippen molar-refractivity contribution in [2.24, 2.45) is 0 Å². The van der Waals surface area contributed by atoms with E-state index in [1.807, 2.05) is 6.92 Å². The smallest absolute Gasteiger partial charge is 0.129 e. The summed E-state index contributed by atoms with van der Waals surface area (Å²) in [7, 11) is 0.